The highest BCUT2D eigenvalue weighted by Gasteiger charge is 2.24. The van der Waals surface area contributed by atoms with E-state index in [-0.39, 0.29) is 38.9 Å². The molecule has 0 aliphatic carbocycles. The maximum absolute atomic E-state index is 12.0. The Morgan fingerprint density at radius 3 is 1.47 bits per heavy atom. The Balaban J connectivity index is 0. The van der Waals surface area contributed by atoms with Crippen LogP contribution in [0.25, 0.3) is 0 Å². The summed E-state index contributed by atoms with van der Waals surface area (Å²) < 4.78 is 0. The van der Waals surface area contributed by atoms with Crippen LogP contribution in [0.1, 0.15) is 78.1 Å². The lowest BCUT2D eigenvalue weighted by Crippen LogP contribution is -2.44. The fourth-order valence-electron chi connectivity index (χ4n) is 3.27. The number of rotatable bonds is 20. The van der Waals surface area contributed by atoms with Crippen LogP contribution in [0, 0.1) is 0 Å². The maximum atomic E-state index is 12.0. The molecule has 0 saturated heterocycles. The summed E-state index contributed by atoms with van der Waals surface area (Å²) in [6, 6.07) is -0.877. The molecule has 0 spiro atoms. The van der Waals surface area contributed by atoms with E-state index in [1.807, 2.05) is 0 Å². The molecule has 32 heavy (non-hydrogen) atoms. The van der Waals surface area contributed by atoms with Crippen molar-refractivity contribution in [3.63, 3.8) is 0 Å². The second kappa shape index (κ2) is 24.4. The number of aliphatic carboxylic acids is 1. The molecule has 1 unspecified atom stereocenters. The highest BCUT2D eigenvalue weighted by molar-refractivity contribution is 5.83. The fourth-order valence-corrected chi connectivity index (χ4v) is 3.27. The first-order valence-corrected chi connectivity index (χ1v) is 12.1. The summed E-state index contributed by atoms with van der Waals surface area (Å²) in [5.41, 5.74) is 0. The number of carboxylic acids is 1. The SMILES string of the molecule is CCCCCCCCCCCC(=O)N(CCO)C(C)C(=O)O.OCCN(CCO)CCO. The van der Waals surface area contributed by atoms with E-state index >= 15 is 0 Å². The number of hydrogen-bond donors (Lipinski definition) is 5. The Kier molecular flexibility index (Phi) is 25.1. The van der Waals surface area contributed by atoms with Crippen molar-refractivity contribution < 1.29 is 35.1 Å². The number of amides is 1. The quantitative estimate of drug-likeness (QED) is 0.171. The molecule has 0 aliphatic rings. The van der Waals surface area contributed by atoms with E-state index in [1.54, 1.807) is 4.90 Å². The van der Waals surface area contributed by atoms with Gasteiger partial charge in [0, 0.05) is 32.6 Å². The van der Waals surface area contributed by atoms with Crippen molar-refractivity contribution in [3.8, 4) is 0 Å². The smallest absolute Gasteiger partial charge is 0.326 e. The van der Waals surface area contributed by atoms with E-state index in [9.17, 15) is 9.59 Å². The Hall–Kier alpha value is -1.26. The number of carbonyl (C=O) groups excluding carboxylic acids is 1. The Morgan fingerprint density at radius 1 is 0.688 bits per heavy atom. The summed E-state index contributed by atoms with van der Waals surface area (Å²) in [5.74, 6) is -1.21. The zero-order valence-electron chi connectivity index (χ0n) is 20.3. The lowest BCUT2D eigenvalue weighted by atomic mass is 10.1. The lowest BCUT2D eigenvalue weighted by molar-refractivity contribution is -0.149. The van der Waals surface area contributed by atoms with Gasteiger partial charge in [0.1, 0.15) is 6.04 Å². The van der Waals surface area contributed by atoms with Gasteiger partial charge in [-0.25, -0.2) is 4.79 Å². The van der Waals surface area contributed by atoms with Crippen LogP contribution >= 0.6 is 0 Å². The van der Waals surface area contributed by atoms with Gasteiger partial charge in [-0.05, 0) is 13.3 Å². The van der Waals surface area contributed by atoms with Crippen molar-refractivity contribution in [1.29, 1.82) is 0 Å². The molecule has 0 heterocycles. The van der Waals surface area contributed by atoms with Gasteiger partial charge in [-0.3, -0.25) is 9.69 Å². The minimum Gasteiger partial charge on any atom is -0.480 e. The third-order valence-corrected chi connectivity index (χ3v) is 5.23. The largest absolute Gasteiger partial charge is 0.480 e. The topological polar surface area (TPSA) is 142 Å². The zero-order valence-corrected chi connectivity index (χ0v) is 20.3. The van der Waals surface area contributed by atoms with E-state index in [1.165, 1.54) is 50.3 Å². The summed E-state index contributed by atoms with van der Waals surface area (Å²) in [4.78, 5) is 26.1. The van der Waals surface area contributed by atoms with Crippen molar-refractivity contribution in [2.24, 2.45) is 0 Å². The van der Waals surface area contributed by atoms with Crippen LogP contribution in [0.2, 0.25) is 0 Å². The monoisotopic (exact) mass is 464 g/mol. The number of carbonyl (C=O) groups is 2. The molecule has 1 atom stereocenters. The normalized spacial score (nSPS) is 11.7. The van der Waals surface area contributed by atoms with Crippen LogP contribution in [-0.2, 0) is 9.59 Å². The van der Waals surface area contributed by atoms with E-state index in [2.05, 4.69) is 6.92 Å². The summed E-state index contributed by atoms with van der Waals surface area (Å²) >= 11 is 0. The first-order chi connectivity index (χ1) is 15.4. The van der Waals surface area contributed by atoms with Crippen molar-refractivity contribution in [3.05, 3.63) is 0 Å². The van der Waals surface area contributed by atoms with Crippen LogP contribution in [0.3, 0.4) is 0 Å². The summed E-state index contributed by atoms with van der Waals surface area (Å²) in [6.45, 7) is 5.32. The van der Waals surface area contributed by atoms with E-state index < -0.39 is 12.0 Å². The van der Waals surface area contributed by atoms with Crippen molar-refractivity contribution in [2.45, 2.75) is 84.1 Å². The van der Waals surface area contributed by atoms with Gasteiger partial charge in [0.05, 0.1) is 26.4 Å². The molecule has 0 radical (unpaired) electrons. The third-order valence-electron chi connectivity index (χ3n) is 5.23. The lowest BCUT2D eigenvalue weighted by Gasteiger charge is -2.25. The van der Waals surface area contributed by atoms with Gasteiger partial charge in [0.2, 0.25) is 5.91 Å². The molecule has 9 nitrogen and oxygen atoms in total. The first kappa shape index (κ1) is 32.9. The number of nitrogens with zero attached hydrogens (tertiary/aromatic N) is 2. The molecule has 0 aliphatic heterocycles. The highest BCUT2D eigenvalue weighted by Crippen LogP contribution is 2.12. The molecule has 0 aromatic carbocycles. The molecule has 0 saturated carbocycles. The molecular weight excluding hydrogens is 416 g/mol. The van der Waals surface area contributed by atoms with Gasteiger partial charge in [-0.15, -0.1) is 0 Å². The molecule has 1 amide bonds. The van der Waals surface area contributed by atoms with Crippen LogP contribution in [-0.4, -0.2) is 106 Å². The van der Waals surface area contributed by atoms with Gasteiger partial charge in [-0.2, -0.15) is 0 Å². The summed E-state index contributed by atoms with van der Waals surface area (Å²) in [6.07, 6.45) is 11.0. The Bertz CT molecular complexity index is 424. The summed E-state index contributed by atoms with van der Waals surface area (Å²) in [7, 11) is 0. The minimum absolute atomic E-state index is 0.0694. The van der Waals surface area contributed by atoms with Crippen molar-refractivity contribution in [2.75, 3.05) is 52.6 Å². The summed E-state index contributed by atoms with van der Waals surface area (Å²) in [5, 5.41) is 43.4. The fraction of sp³-hybridized carbons (Fsp3) is 0.913. The molecule has 0 aromatic heterocycles. The zero-order chi connectivity index (χ0) is 24.6. The highest BCUT2D eigenvalue weighted by atomic mass is 16.4. The molecular formula is C23H48N2O7. The van der Waals surface area contributed by atoms with Crippen molar-refractivity contribution >= 4 is 11.9 Å². The molecule has 0 bridgehead atoms. The van der Waals surface area contributed by atoms with Crippen LogP contribution in [0.5, 0.6) is 0 Å². The van der Waals surface area contributed by atoms with E-state index in [0.29, 0.717) is 26.1 Å². The van der Waals surface area contributed by atoms with Crippen LogP contribution < -0.4 is 0 Å². The van der Waals surface area contributed by atoms with Gasteiger partial charge in [-0.1, -0.05) is 58.3 Å². The second-order valence-electron chi connectivity index (χ2n) is 7.92. The predicted molar refractivity (Wildman–Crippen MR) is 125 cm³/mol. The molecule has 0 aromatic rings. The standard InChI is InChI=1S/C17H33NO4.C6H15NO3/c1-3-4-5-6-7-8-9-10-11-12-16(20)18(13-14-19)15(2)17(21)22;8-4-1-7(2-5-9)3-6-10/h15,19H,3-14H2,1-2H3,(H,21,22);8-10H,1-6H2. The molecule has 0 rings (SSSR count). The van der Waals surface area contributed by atoms with E-state index in [0.717, 1.165) is 19.3 Å². The van der Waals surface area contributed by atoms with Gasteiger partial charge in [0.15, 0.2) is 0 Å². The second-order valence-corrected chi connectivity index (χ2v) is 7.92. The minimum atomic E-state index is -1.03. The van der Waals surface area contributed by atoms with Crippen LogP contribution in [0.4, 0.5) is 0 Å². The number of carboxylic acid groups (broad SMARTS) is 1. The number of aliphatic hydroxyl groups is 4. The predicted octanol–water partition coefficient (Wildman–Crippen LogP) is 1.47. The Labute approximate surface area is 194 Å². The first-order valence-electron chi connectivity index (χ1n) is 12.1. The number of aliphatic hydroxyl groups excluding tert-OH is 4. The maximum Gasteiger partial charge on any atom is 0.326 e. The van der Waals surface area contributed by atoms with Crippen molar-refractivity contribution in [1.82, 2.24) is 9.80 Å². The Morgan fingerprint density at radius 2 is 1.09 bits per heavy atom. The third kappa shape index (κ3) is 19.4. The van der Waals surface area contributed by atoms with E-state index in [4.69, 9.17) is 25.5 Å². The molecule has 192 valence electrons. The van der Waals surface area contributed by atoms with Crippen LogP contribution in [0.15, 0.2) is 0 Å². The average molecular weight is 465 g/mol. The molecule has 9 heteroatoms. The van der Waals surface area contributed by atoms with Gasteiger partial charge in [0.25, 0.3) is 0 Å². The number of unbranched alkanes of at least 4 members (excludes halogenated alkanes) is 8. The number of hydrogen-bond acceptors (Lipinski definition) is 7. The van der Waals surface area contributed by atoms with Gasteiger partial charge < -0.3 is 30.4 Å². The average Bonchev–Trinajstić information content (AvgIpc) is 2.76. The molecule has 5 N–H and O–H groups in total. The molecule has 0 fully saturated rings. The van der Waals surface area contributed by atoms with Gasteiger partial charge >= 0.3 is 5.97 Å².